The summed E-state index contributed by atoms with van der Waals surface area (Å²) in [5.41, 5.74) is 1.92. The van der Waals surface area contributed by atoms with Crippen molar-refractivity contribution in [2.45, 2.75) is 18.8 Å². The molecule has 0 saturated carbocycles. The summed E-state index contributed by atoms with van der Waals surface area (Å²) >= 11 is 11.9. The Morgan fingerprint density at radius 3 is 2.78 bits per heavy atom. The fourth-order valence-electron chi connectivity index (χ4n) is 2.30. The van der Waals surface area contributed by atoms with Crippen molar-refractivity contribution in [3.63, 3.8) is 0 Å². The van der Waals surface area contributed by atoms with Crippen molar-refractivity contribution in [2.24, 2.45) is 0 Å². The molecule has 1 aromatic carbocycles. The second-order valence-corrected chi connectivity index (χ2v) is 7.50. The molecule has 3 nitrogen and oxygen atoms in total. The zero-order chi connectivity index (χ0) is 13.3. The van der Waals surface area contributed by atoms with Gasteiger partial charge in [-0.2, -0.15) is 0 Å². The quantitative estimate of drug-likeness (QED) is 0.788. The Labute approximate surface area is 118 Å². The Balaban J connectivity index is 2.32. The van der Waals surface area contributed by atoms with Crippen LogP contribution in [0.2, 0.25) is 5.02 Å². The summed E-state index contributed by atoms with van der Waals surface area (Å²) in [6.45, 7) is 2.43. The van der Waals surface area contributed by atoms with E-state index in [1.807, 2.05) is 25.1 Å². The van der Waals surface area contributed by atoms with Crippen molar-refractivity contribution < 1.29 is 8.42 Å². The second-order valence-electron chi connectivity index (χ2n) is 4.56. The van der Waals surface area contributed by atoms with Gasteiger partial charge in [-0.15, -0.1) is 11.6 Å². The van der Waals surface area contributed by atoms with Crippen LogP contribution in [0.15, 0.2) is 18.2 Å². The highest BCUT2D eigenvalue weighted by Crippen LogP contribution is 2.29. The van der Waals surface area contributed by atoms with Gasteiger partial charge >= 0.3 is 0 Å². The first-order valence-corrected chi connectivity index (χ1v) is 8.48. The lowest BCUT2D eigenvalue weighted by molar-refractivity contribution is 0.568. The van der Waals surface area contributed by atoms with Gasteiger partial charge in [0.15, 0.2) is 9.84 Å². The Hall–Kier alpha value is -0.450. The largest absolute Gasteiger partial charge is 0.367 e. The number of nitrogens with zero attached hydrogens (tertiary/aromatic N) is 1. The third-order valence-electron chi connectivity index (χ3n) is 3.17. The van der Waals surface area contributed by atoms with Gasteiger partial charge in [0.05, 0.1) is 11.5 Å². The maximum atomic E-state index is 11.6. The van der Waals surface area contributed by atoms with Crippen LogP contribution >= 0.6 is 23.2 Å². The van der Waals surface area contributed by atoms with Crippen molar-refractivity contribution in [1.82, 2.24) is 0 Å². The smallest absolute Gasteiger partial charge is 0.154 e. The van der Waals surface area contributed by atoms with E-state index in [0.29, 0.717) is 17.4 Å². The van der Waals surface area contributed by atoms with Crippen molar-refractivity contribution in [1.29, 1.82) is 0 Å². The zero-order valence-electron chi connectivity index (χ0n) is 10.1. The van der Waals surface area contributed by atoms with E-state index in [9.17, 15) is 8.42 Å². The van der Waals surface area contributed by atoms with Gasteiger partial charge in [0.25, 0.3) is 0 Å². The topological polar surface area (TPSA) is 37.4 Å². The molecule has 0 aromatic heterocycles. The summed E-state index contributed by atoms with van der Waals surface area (Å²) in [5, 5.41) is 0.645. The number of halogens is 2. The normalized spacial score (nSPS) is 23.1. The molecule has 0 amide bonds. The first kappa shape index (κ1) is 14.0. The molecule has 1 aromatic rings. The average Bonchev–Trinajstić information content (AvgIpc) is 2.29. The van der Waals surface area contributed by atoms with Crippen LogP contribution in [0.4, 0.5) is 5.69 Å². The van der Waals surface area contributed by atoms with Crippen molar-refractivity contribution in [3.05, 3.63) is 28.8 Å². The Morgan fingerprint density at radius 1 is 1.44 bits per heavy atom. The molecule has 1 heterocycles. The molecule has 1 aliphatic rings. The van der Waals surface area contributed by atoms with E-state index in [1.165, 1.54) is 0 Å². The third-order valence-corrected chi connectivity index (χ3v) is 5.48. The number of alkyl halides is 1. The lowest BCUT2D eigenvalue weighted by Crippen LogP contribution is -2.47. The summed E-state index contributed by atoms with van der Waals surface area (Å²) in [7, 11) is -2.90. The fraction of sp³-hybridized carbons (Fsp3) is 0.500. The minimum absolute atomic E-state index is 0.0353. The molecule has 1 atom stereocenters. The monoisotopic (exact) mass is 307 g/mol. The van der Waals surface area contributed by atoms with E-state index in [4.69, 9.17) is 23.2 Å². The molecular weight excluding hydrogens is 293 g/mol. The van der Waals surface area contributed by atoms with Gasteiger partial charge in [0.2, 0.25) is 0 Å². The van der Waals surface area contributed by atoms with Gasteiger partial charge < -0.3 is 4.90 Å². The first-order valence-electron chi connectivity index (χ1n) is 5.74. The van der Waals surface area contributed by atoms with E-state index in [0.717, 1.165) is 11.3 Å². The summed E-state index contributed by atoms with van der Waals surface area (Å²) in [4.78, 5) is 2.09. The zero-order valence-corrected chi connectivity index (χ0v) is 12.4. The molecular formula is C12H15Cl2NO2S. The molecule has 0 bridgehead atoms. The number of sulfone groups is 1. The lowest BCUT2D eigenvalue weighted by atomic mass is 10.1. The van der Waals surface area contributed by atoms with Gasteiger partial charge in [-0.25, -0.2) is 8.42 Å². The van der Waals surface area contributed by atoms with Crippen LogP contribution in [0.25, 0.3) is 0 Å². The molecule has 0 spiro atoms. The summed E-state index contributed by atoms with van der Waals surface area (Å²) < 4.78 is 23.1. The minimum Gasteiger partial charge on any atom is -0.367 e. The SMILES string of the molecule is CC1CS(=O)(=O)CCN1c1ccc(Cl)cc1CCl. The van der Waals surface area contributed by atoms with Gasteiger partial charge in [-0.3, -0.25) is 0 Å². The maximum Gasteiger partial charge on any atom is 0.154 e. The summed E-state index contributed by atoms with van der Waals surface area (Å²) in [6, 6.07) is 5.52. The molecule has 1 saturated heterocycles. The van der Waals surface area contributed by atoms with E-state index in [1.54, 1.807) is 0 Å². The van der Waals surface area contributed by atoms with Crippen molar-refractivity contribution in [3.8, 4) is 0 Å². The Kier molecular flexibility index (Phi) is 4.09. The molecule has 6 heteroatoms. The third kappa shape index (κ3) is 2.92. The van der Waals surface area contributed by atoms with Crippen LogP contribution in [-0.4, -0.2) is 32.5 Å². The highest BCUT2D eigenvalue weighted by Gasteiger charge is 2.29. The van der Waals surface area contributed by atoms with E-state index < -0.39 is 9.84 Å². The van der Waals surface area contributed by atoms with Crippen molar-refractivity contribution >= 4 is 38.7 Å². The van der Waals surface area contributed by atoms with Gasteiger partial charge in [0, 0.05) is 29.2 Å². The van der Waals surface area contributed by atoms with Crippen LogP contribution in [0.1, 0.15) is 12.5 Å². The van der Waals surface area contributed by atoms with E-state index >= 15 is 0 Å². The molecule has 1 aliphatic heterocycles. The standard InChI is InChI=1S/C12H15Cl2NO2S/c1-9-8-18(16,17)5-4-15(9)12-3-2-11(14)6-10(12)7-13/h2-3,6,9H,4-5,7-8H2,1H3. The Morgan fingerprint density at radius 2 is 2.17 bits per heavy atom. The molecule has 18 heavy (non-hydrogen) atoms. The highest BCUT2D eigenvalue weighted by molar-refractivity contribution is 7.91. The van der Waals surface area contributed by atoms with Gasteiger partial charge in [-0.05, 0) is 30.7 Å². The molecule has 0 radical (unpaired) electrons. The summed E-state index contributed by atoms with van der Waals surface area (Å²) in [5.74, 6) is 0.755. The fourth-order valence-corrected chi connectivity index (χ4v) is 4.26. The number of benzene rings is 1. The number of rotatable bonds is 2. The van der Waals surface area contributed by atoms with E-state index in [-0.39, 0.29) is 17.5 Å². The Bertz CT molecular complexity index is 545. The van der Waals surface area contributed by atoms with Crippen molar-refractivity contribution in [2.75, 3.05) is 23.0 Å². The molecule has 0 aliphatic carbocycles. The molecule has 1 unspecified atom stereocenters. The predicted molar refractivity (Wildman–Crippen MR) is 76.5 cm³/mol. The number of hydrogen-bond donors (Lipinski definition) is 0. The predicted octanol–water partition coefficient (Wildman–Crippen LogP) is 2.70. The summed E-state index contributed by atoms with van der Waals surface area (Å²) in [6.07, 6.45) is 0. The maximum absolute atomic E-state index is 11.6. The van der Waals surface area contributed by atoms with Crippen LogP contribution in [0.3, 0.4) is 0 Å². The van der Waals surface area contributed by atoms with Crippen LogP contribution < -0.4 is 4.90 Å². The molecule has 0 N–H and O–H groups in total. The first-order chi connectivity index (χ1) is 8.43. The number of hydrogen-bond acceptors (Lipinski definition) is 3. The van der Waals surface area contributed by atoms with Crippen LogP contribution in [0, 0.1) is 0 Å². The molecule has 100 valence electrons. The van der Waals surface area contributed by atoms with Crippen LogP contribution in [-0.2, 0) is 15.7 Å². The number of anilines is 1. The second kappa shape index (κ2) is 5.27. The molecule has 1 fully saturated rings. The highest BCUT2D eigenvalue weighted by atomic mass is 35.5. The lowest BCUT2D eigenvalue weighted by Gasteiger charge is -2.36. The van der Waals surface area contributed by atoms with E-state index in [2.05, 4.69) is 4.90 Å². The minimum atomic E-state index is -2.90. The van der Waals surface area contributed by atoms with Gasteiger partial charge in [0.1, 0.15) is 0 Å². The van der Waals surface area contributed by atoms with Crippen LogP contribution in [0.5, 0.6) is 0 Å². The average molecular weight is 308 g/mol. The van der Waals surface area contributed by atoms with Gasteiger partial charge in [-0.1, -0.05) is 11.6 Å². The molecule has 2 rings (SSSR count).